The van der Waals surface area contributed by atoms with E-state index >= 15 is 0 Å². The lowest BCUT2D eigenvalue weighted by Crippen LogP contribution is -2.36. The molecule has 1 saturated heterocycles. The first kappa shape index (κ1) is 17.9. The molecule has 7 nitrogen and oxygen atoms in total. The molecule has 1 rings (SSSR count). The van der Waals surface area contributed by atoms with E-state index < -0.39 is 35.8 Å². The largest absolute Gasteiger partial charge is 0.481 e. The Morgan fingerprint density at radius 3 is 2.41 bits per heavy atom. The van der Waals surface area contributed by atoms with Crippen molar-refractivity contribution < 1.29 is 29.7 Å². The van der Waals surface area contributed by atoms with Crippen LogP contribution >= 0.6 is 0 Å². The molecule has 1 fully saturated rings. The Balaban J connectivity index is 2.85. The fraction of sp³-hybridized carbons (Fsp3) is 0.533. The average Bonchev–Trinajstić information content (AvgIpc) is 2.81. The van der Waals surface area contributed by atoms with Gasteiger partial charge in [0, 0.05) is 12.5 Å². The molecule has 0 aromatic rings. The lowest BCUT2D eigenvalue weighted by Gasteiger charge is -2.20. The Labute approximate surface area is 128 Å². The van der Waals surface area contributed by atoms with Crippen molar-refractivity contribution in [1.29, 1.82) is 0 Å². The third-order valence-electron chi connectivity index (χ3n) is 3.91. The second-order valence-corrected chi connectivity index (χ2v) is 5.51. The third kappa shape index (κ3) is 4.70. The zero-order valence-corrected chi connectivity index (χ0v) is 12.5. The van der Waals surface area contributed by atoms with Crippen molar-refractivity contribution in [2.75, 3.05) is 6.54 Å². The highest BCUT2D eigenvalue weighted by atomic mass is 16.4. The summed E-state index contributed by atoms with van der Waals surface area (Å²) in [6.45, 7) is 3.73. The first-order valence-electron chi connectivity index (χ1n) is 6.99. The molecular formula is C15H21NO6. The van der Waals surface area contributed by atoms with E-state index in [1.807, 2.05) is 0 Å². The molecule has 4 atom stereocenters. The number of nitrogens with one attached hydrogen (secondary N) is 1. The maximum absolute atomic E-state index is 11.2. The molecule has 1 heterocycles. The molecule has 122 valence electrons. The maximum atomic E-state index is 11.2. The summed E-state index contributed by atoms with van der Waals surface area (Å²) in [5.74, 6) is -4.38. The Morgan fingerprint density at radius 1 is 1.27 bits per heavy atom. The minimum atomic E-state index is -1.06. The molecule has 4 N–H and O–H groups in total. The standard InChI is InChI=1S/C15H21NO6/c1-8(4-3-5-9(2)14(19)20)11-7-16-13(15(21)22)10(11)6-12(17)18/h3-5,9-11,13,16H,6-7H2,1-2H3,(H,17,18)(H,19,20)(H,21,22)/b5-3+,8-4+/t9?,10-,11+,13-/m0/s1. The molecule has 7 heteroatoms. The summed E-state index contributed by atoms with van der Waals surface area (Å²) in [5.41, 5.74) is 0.830. The SMILES string of the molecule is C/C(=C\C=C\C(C)C(=O)O)[C@H]1CN[C@H](C(=O)O)[C@H]1CC(=O)O. The Morgan fingerprint density at radius 2 is 1.91 bits per heavy atom. The average molecular weight is 311 g/mol. The fourth-order valence-electron chi connectivity index (χ4n) is 2.60. The Bertz CT molecular complexity index is 510. The first-order chi connectivity index (χ1) is 10.2. The molecule has 0 radical (unpaired) electrons. The van der Waals surface area contributed by atoms with Gasteiger partial charge >= 0.3 is 17.9 Å². The number of hydrogen-bond acceptors (Lipinski definition) is 4. The van der Waals surface area contributed by atoms with E-state index in [2.05, 4.69) is 5.32 Å². The number of carboxylic acid groups (broad SMARTS) is 3. The van der Waals surface area contributed by atoms with E-state index in [9.17, 15) is 14.4 Å². The van der Waals surface area contributed by atoms with Crippen molar-refractivity contribution in [2.45, 2.75) is 26.3 Å². The Kier molecular flexibility index (Phi) is 6.30. The second-order valence-electron chi connectivity index (χ2n) is 5.51. The molecule has 0 bridgehead atoms. The number of carboxylic acids is 3. The zero-order valence-electron chi connectivity index (χ0n) is 12.5. The monoisotopic (exact) mass is 311 g/mol. The molecule has 0 aromatic heterocycles. The van der Waals surface area contributed by atoms with Gasteiger partial charge in [0.1, 0.15) is 6.04 Å². The van der Waals surface area contributed by atoms with Crippen LogP contribution in [-0.2, 0) is 14.4 Å². The highest BCUT2D eigenvalue weighted by molar-refractivity contribution is 5.76. The van der Waals surface area contributed by atoms with Gasteiger partial charge in [-0.3, -0.25) is 14.4 Å². The summed E-state index contributed by atoms with van der Waals surface area (Å²) in [5, 5.41) is 29.7. The van der Waals surface area contributed by atoms with Gasteiger partial charge in [-0.25, -0.2) is 0 Å². The molecule has 22 heavy (non-hydrogen) atoms. The van der Waals surface area contributed by atoms with Gasteiger partial charge in [0.25, 0.3) is 0 Å². The first-order valence-corrected chi connectivity index (χ1v) is 6.99. The van der Waals surface area contributed by atoms with Crippen molar-refractivity contribution in [3.63, 3.8) is 0 Å². The third-order valence-corrected chi connectivity index (χ3v) is 3.91. The highest BCUT2D eigenvalue weighted by Gasteiger charge is 2.41. The summed E-state index contributed by atoms with van der Waals surface area (Å²) in [6, 6.07) is -0.883. The molecule has 0 saturated carbocycles. The predicted octanol–water partition coefficient (Wildman–Crippen LogP) is 0.973. The van der Waals surface area contributed by atoms with Crippen LogP contribution in [0.2, 0.25) is 0 Å². The van der Waals surface area contributed by atoms with Crippen molar-refractivity contribution >= 4 is 17.9 Å². The molecule has 1 aliphatic rings. The number of hydrogen-bond donors (Lipinski definition) is 4. The molecule has 0 spiro atoms. The summed E-state index contributed by atoms with van der Waals surface area (Å²) in [4.78, 5) is 32.8. The van der Waals surface area contributed by atoms with E-state index in [4.69, 9.17) is 15.3 Å². The zero-order chi connectivity index (χ0) is 16.9. The number of rotatable bonds is 7. The summed E-state index contributed by atoms with van der Waals surface area (Å²) < 4.78 is 0. The fourth-order valence-corrected chi connectivity index (χ4v) is 2.60. The predicted molar refractivity (Wildman–Crippen MR) is 78.4 cm³/mol. The minimum Gasteiger partial charge on any atom is -0.481 e. The van der Waals surface area contributed by atoms with E-state index in [0.29, 0.717) is 6.54 Å². The highest BCUT2D eigenvalue weighted by Crippen LogP contribution is 2.31. The van der Waals surface area contributed by atoms with Crippen molar-refractivity contribution in [1.82, 2.24) is 5.32 Å². The quantitative estimate of drug-likeness (QED) is 0.516. The number of aliphatic carboxylic acids is 3. The van der Waals surface area contributed by atoms with Gasteiger partial charge in [-0.15, -0.1) is 0 Å². The maximum Gasteiger partial charge on any atom is 0.321 e. The molecule has 0 amide bonds. The van der Waals surface area contributed by atoms with E-state index in [1.54, 1.807) is 26.0 Å². The molecular weight excluding hydrogens is 290 g/mol. The van der Waals surface area contributed by atoms with Crippen LogP contribution in [0.3, 0.4) is 0 Å². The smallest absolute Gasteiger partial charge is 0.321 e. The van der Waals surface area contributed by atoms with Gasteiger partial charge < -0.3 is 20.6 Å². The van der Waals surface area contributed by atoms with Crippen LogP contribution in [0.4, 0.5) is 0 Å². The van der Waals surface area contributed by atoms with Gasteiger partial charge in [0.2, 0.25) is 0 Å². The molecule has 1 aliphatic heterocycles. The summed E-state index contributed by atoms with van der Waals surface area (Å²) >= 11 is 0. The summed E-state index contributed by atoms with van der Waals surface area (Å²) in [7, 11) is 0. The number of carbonyl (C=O) groups is 3. The lowest BCUT2D eigenvalue weighted by molar-refractivity contribution is -0.142. The van der Waals surface area contributed by atoms with Gasteiger partial charge in [0.05, 0.1) is 12.3 Å². The van der Waals surface area contributed by atoms with Crippen LogP contribution in [-0.4, -0.2) is 45.8 Å². The van der Waals surface area contributed by atoms with Crippen molar-refractivity contribution in [3.8, 4) is 0 Å². The van der Waals surface area contributed by atoms with Crippen molar-refractivity contribution in [2.24, 2.45) is 17.8 Å². The minimum absolute atomic E-state index is 0.206. The van der Waals surface area contributed by atoms with Gasteiger partial charge in [0.15, 0.2) is 0 Å². The van der Waals surface area contributed by atoms with Gasteiger partial charge in [-0.2, -0.15) is 0 Å². The van der Waals surface area contributed by atoms with Crippen LogP contribution in [0.1, 0.15) is 20.3 Å². The lowest BCUT2D eigenvalue weighted by atomic mass is 9.83. The topological polar surface area (TPSA) is 124 Å². The van der Waals surface area contributed by atoms with E-state index in [0.717, 1.165) is 5.57 Å². The van der Waals surface area contributed by atoms with Crippen LogP contribution in [0.15, 0.2) is 23.8 Å². The van der Waals surface area contributed by atoms with Gasteiger partial charge in [-0.05, 0) is 19.8 Å². The second kappa shape index (κ2) is 7.74. The normalized spacial score (nSPS) is 27.0. The summed E-state index contributed by atoms with van der Waals surface area (Å²) in [6.07, 6.45) is 4.62. The molecule has 0 aromatic carbocycles. The van der Waals surface area contributed by atoms with Crippen LogP contribution in [0, 0.1) is 17.8 Å². The van der Waals surface area contributed by atoms with Gasteiger partial charge in [-0.1, -0.05) is 23.8 Å². The van der Waals surface area contributed by atoms with Crippen molar-refractivity contribution in [3.05, 3.63) is 23.8 Å². The van der Waals surface area contributed by atoms with Crippen LogP contribution in [0.5, 0.6) is 0 Å². The Hall–Kier alpha value is -2.15. The van der Waals surface area contributed by atoms with E-state index in [-0.39, 0.29) is 12.3 Å². The van der Waals surface area contributed by atoms with Crippen LogP contribution < -0.4 is 5.32 Å². The van der Waals surface area contributed by atoms with Crippen LogP contribution in [0.25, 0.3) is 0 Å². The molecule has 1 unspecified atom stereocenters. The molecule has 0 aliphatic carbocycles. The number of allylic oxidation sites excluding steroid dienone is 2. The van der Waals surface area contributed by atoms with E-state index in [1.165, 1.54) is 6.08 Å².